The van der Waals surface area contributed by atoms with Crippen molar-refractivity contribution in [3.63, 3.8) is 0 Å². The second-order valence-electron chi connectivity index (χ2n) is 6.31. The van der Waals surface area contributed by atoms with E-state index in [4.69, 9.17) is 5.26 Å². The van der Waals surface area contributed by atoms with Crippen LogP contribution in [0.2, 0.25) is 0 Å². The van der Waals surface area contributed by atoms with Crippen molar-refractivity contribution in [1.82, 2.24) is 5.32 Å². The van der Waals surface area contributed by atoms with Crippen molar-refractivity contribution in [2.24, 2.45) is 0 Å². The first kappa shape index (κ1) is 16.2. The highest BCUT2D eigenvalue weighted by Crippen LogP contribution is 2.25. The summed E-state index contributed by atoms with van der Waals surface area (Å²) in [7, 11) is -2.86. The van der Waals surface area contributed by atoms with Crippen LogP contribution in [-0.2, 0) is 9.84 Å². The van der Waals surface area contributed by atoms with E-state index in [9.17, 15) is 12.8 Å². The number of nitrogens with zero attached hydrogens (tertiary/aromatic N) is 2. The van der Waals surface area contributed by atoms with Gasteiger partial charge in [0, 0.05) is 25.2 Å². The topological polar surface area (TPSA) is 73.2 Å². The number of halogens is 1. The lowest BCUT2D eigenvalue weighted by molar-refractivity contribution is 0.377. The van der Waals surface area contributed by atoms with Crippen LogP contribution in [0, 0.1) is 17.1 Å². The molecule has 2 aliphatic rings. The Morgan fingerprint density at radius 3 is 2.52 bits per heavy atom. The molecule has 0 bridgehead atoms. The number of rotatable bonds is 3. The van der Waals surface area contributed by atoms with Crippen LogP contribution in [0.3, 0.4) is 0 Å². The Kier molecular flexibility index (Phi) is 4.55. The Labute approximate surface area is 136 Å². The summed E-state index contributed by atoms with van der Waals surface area (Å²) in [5.74, 6) is 0.148. The summed E-state index contributed by atoms with van der Waals surface area (Å²) in [6.07, 6.45) is 2.40. The van der Waals surface area contributed by atoms with Crippen LogP contribution >= 0.6 is 0 Å². The zero-order valence-electron chi connectivity index (χ0n) is 12.8. The van der Waals surface area contributed by atoms with Gasteiger partial charge in [-0.2, -0.15) is 5.26 Å². The standard InChI is InChI=1S/C16H20FN3O2S/c17-15-9-12(10-18)1-2-16(15)20-6-3-13(4-7-20)19-14-5-8-23(21,22)11-14/h1-2,9,13-14,19H,3-8,11H2. The van der Waals surface area contributed by atoms with Crippen molar-refractivity contribution in [2.45, 2.75) is 31.3 Å². The molecule has 2 aliphatic heterocycles. The van der Waals surface area contributed by atoms with Crippen LogP contribution in [0.4, 0.5) is 10.1 Å². The average Bonchev–Trinajstić information content (AvgIpc) is 2.87. The zero-order chi connectivity index (χ0) is 16.4. The molecule has 23 heavy (non-hydrogen) atoms. The highest BCUT2D eigenvalue weighted by molar-refractivity contribution is 7.91. The summed E-state index contributed by atoms with van der Waals surface area (Å²) in [5, 5.41) is 12.2. The van der Waals surface area contributed by atoms with Gasteiger partial charge in [0.2, 0.25) is 0 Å². The van der Waals surface area contributed by atoms with Crippen molar-refractivity contribution >= 4 is 15.5 Å². The number of nitriles is 1. The lowest BCUT2D eigenvalue weighted by atomic mass is 10.0. The molecule has 2 fully saturated rings. The molecule has 5 nitrogen and oxygen atoms in total. The van der Waals surface area contributed by atoms with Crippen molar-refractivity contribution in [1.29, 1.82) is 5.26 Å². The van der Waals surface area contributed by atoms with E-state index in [1.165, 1.54) is 6.07 Å². The van der Waals surface area contributed by atoms with Gasteiger partial charge in [0.1, 0.15) is 5.82 Å². The highest BCUT2D eigenvalue weighted by Gasteiger charge is 2.30. The Bertz CT molecular complexity index is 721. The summed E-state index contributed by atoms with van der Waals surface area (Å²) >= 11 is 0. The second-order valence-corrected chi connectivity index (χ2v) is 8.53. The number of hydrogen-bond donors (Lipinski definition) is 1. The van der Waals surface area contributed by atoms with Gasteiger partial charge in [0.05, 0.1) is 28.8 Å². The number of anilines is 1. The Balaban J connectivity index is 1.56. The Morgan fingerprint density at radius 2 is 1.96 bits per heavy atom. The summed E-state index contributed by atoms with van der Waals surface area (Å²) in [6.45, 7) is 1.44. The number of benzene rings is 1. The highest BCUT2D eigenvalue weighted by atomic mass is 32.2. The molecule has 1 aromatic rings. The minimum atomic E-state index is -2.86. The molecule has 2 saturated heterocycles. The van der Waals surface area contributed by atoms with Crippen LogP contribution in [-0.4, -0.2) is 45.1 Å². The largest absolute Gasteiger partial charge is 0.369 e. The van der Waals surface area contributed by atoms with Crippen LogP contribution in [0.5, 0.6) is 0 Å². The molecule has 0 aliphatic carbocycles. The zero-order valence-corrected chi connectivity index (χ0v) is 13.7. The molecule has 3 rings (SSSR count). The summed E-state index contributed by atoms with van der Waals surface area (Å²) in [4.78, 5) is 1.99. The fourth-order valence-electron chi connectivity index (χ4n) is 3.38. The third-order valence-corrected chi connectivity index (χ3v) is 6.38. The van der Waals surface area contributed by atoms with Gasteiger partial charge >= 0.3 is 0 Å². The van der Waals surface area contributed by atoms with Gasteiger partial charge < -0.3 is 10.2 Å². The number of nitrogens with one attached hydrogen (secondary N) is 1. The lowest BCUT2D eigenvalue weighted by Crippen LogP contribution is -2.46. The maximum absolute atomic E-state index is 14.1. The monoisotopic (exact) mass is 337 g/mol. The molecular formula is C16H20FN3O2S. The predicted octanol–water partition coefficient (Wildman–Crippen LogP) is 1.44. The molecule has 0 radical (unpaired) electrons. The van der Waals surface area contributed by atoms with E-state index in [0.29, 0.717) is 17.7 Å². The smallest absolute Gasteiger partial charge is 0.151 e. The maximum Gasteiger partial charge on any atom is 0.151 e. The Morgan fingerprint density at radius 1 is 1.22 bits per heavy atom. The van der Waals surface area contributed by atoms with Gasteiger partial charge in [-0.15, -0.1) is 0 Å². The minimum absolute atomic E-state index is 0.0585. The van der Waals surface area contributed by atoms with Crippen molar-refractivity contribution in [3.05, 3.63) is 29.6 Å². The van der Waals surface area contributed by atoms with Crippen molar-refractivity contribution in [2.75, 3.05) is 29.5 Å². The van der Waals surface area contributed by atoms with Gasteiger partial charge in [0.25, 0.3) is 0 Å². The second kappa shape index (κ2) is 6.46. The molecule has 0 saturated carbocycles. The molecular weight excluding hydrogens is 317 g/mol. The third kappa shape index (κ3) is 3.82. The van der Waals surface area contributed by atoms with Crippen LogP contribution in [0.25, 0.3) is 0 Å². The number of sulfone groups is 1. The first-order valence-corrected chi connectivity index (χ1v) is 9.70. The number of hydrogen-bond acceptors (Lipinski definition) is 5. The minimum Gasteiger partial charge on any atom is -0.369 e. The molecule has 7 heteroatoms. The van der Waals surface area contributed by atoms with E-state index in [-0.39, 0.29) is 29.4 Å². The molecule has 2 heterocycles. The fourth-order valence-corrected chi connectivity index (χ4v) is 5.07. The normalized spacial score (nSPS) is 24.5. The molecule has 1 unspecified atom stereocenters. The fraction of sp³-hybridized carbons (Fsp3) is 0.562. The van der Waals surface area contributed by atoms with E-state index in [0.717, 1.165) is 25.9 Å². The third-order valence-electron chi connectivity index (χ3n) is 4.62. The van der Waals surface area contributed by atoms with E-state index >= 15 is 0 Å². The maximum atomic E-state index is 14.1. The molecule has 0 aromatic heterocycles. The predicted molar refractivity (Wildman–Crippen MR) is 86.5 cm³/mol. The van der Waals surface area contributed by atoms with Gasteiger partial charge in [0.15, 0.2) is 9.84 Å². The van der Waals surface area contributed by atoms with Gasteiger partial charge in [-0.05, 0) is 37.5 Å². The van der Waals surface area contributed by atoms with E-state index in [1.54, 1.807) is 12.1 Å². The van der Waals surface area contributed by atoms with Crippen molar-refractivity contribution in [3.8, 4) is 6.07 Å². The quantitative estimate of drug-likeness (QED) is 0.903. The lowest BCUT2D eigenvalue weighted by Gasteiger charge is -2.35. The van der Waals surface area contributed by atoms with Crippen LogP contribution in [0.15, 0.2) is 18.2 Å². The first-order valence-electron chi connectivity index (χ1n) is 7.88. The van der Waals surface area contributed by atoms with Gasteiger partial charge in [-0.3, -0.25) is 0 Å². The van der Waals surface area contributed by atoms with Crippen molar-refractivity contribution < 1.29 is 12.8 Å². The van der Waals surface area contributed by atoms with Crippen LogP contribution in [0.1, 0.15) is 24.8 Å². The van der Waals surface area contributed by atoms with E-state index in [1.807, 2.05) is 11.0 Å². The molecule has 1 aromatic carbocycles. The molecule has 1 N–H and O–H groups in total. The molecule has 0 amide bonds. The number of piperidine rings is 1. The SMILES string of the molecule is N#Cc1ccc(N2CCC(NC3CCS(=O)(=O)C3)CC2)c(F)c1. The molecule has 124 valence electrons. The first-order chi connectivity index (χ1) is 11.0. The van der Waals surface area contributed by atoms with E-state index in [2.05, 4.69) is 5.32 Å². The van der Waals surface area contributed by atoms with Gasteiger partial charge in [-0.25, -0.2) is 12.8 Å². The van der Waals surface area contributed by atoms with Crippen LogP contribution < -0.4 is 10.2 Å². The molecule has 0 spiro atoms. The summed E-state index contributed by atoms with van der Waals surface area (Å²) in [6, 6.07) is 6.83. The Hall–Kier alpha value is -1.65. The molecule has 1 atom stereocenters. The average molecular weight is 337 g/mol. The van der Waals surface area contributed by atoms with E-state index < -0.39 is 9.84 Å². The summed E-state index contributed by atoms with van der Waals surface area (Å²) in [5.41, 5.74) is 0.858. The van der Waals surface area contributed by atoms with Gasteiger partial charge in [-0.1, -0.05) is 0 Å². The summed E-state index contributed by atoms with van der Waals surface area (Å²) < 4.78 is 37.0.